The van der Waals surface area contributed by atoms with E-state index in [1.165, 1.54) is 12.4 Å². The highest BCUT2D eigenvalue weighted by Gasteiger charge is 1.93. The van der Waals surface area contributed by atoms with Crippen LogP contribution in [0.3, 0.4) is 0 Å². The van der Waals surface area contributed by atoms with Gasteiger partial charge in [-0.05, 0) is 22.0 Å². The van der Waals surface area contributed by atoms with Gasteiger partial charge >= 0.3 is 0 Å². The van der Waals surface area contributed by atoms with Gasteiger partial charge in [0.15, 0.2) is 0 Å². The Morgan fingerprint density at radius 2 is 2.55 bits per heavy atom. The van der Waals surface area contributed by atoms with E-state index in [1.807, 2.05) is 0 Å². The molecule has 0 spiro atoms. The van der Waals surface area contributed by atoms with Crippen molar-refractivity contribution in [3.05, 3.63) is 16.5 Å². The van der Waals surface area contributed by atoms with E-state index in [1.54, 1.807) is 6.08 Å². The van der Waals surface area contributed by atoms with Crippen LogP contribution in [-0.2, 0) is 0 Å². The molecule has 0 aliphatic rings. The molecule has 58 valence electrons. The molecule has 0 unspecified atom stereocenters. The van der Waals surface area contributed by atoms with E-state index in [-0.39, 0.29) is 0 Å². The average molecular weight is 215 g/mol. The first kappa shape index (κ1) is 8.00. The van der Waals surface area contributed by atoms with Crippen LogP contribution < -0.4 is 5.73 Å². The molecular formula is C6H7BrN4. The molecule has 0 fully saturated rings. The Kier molecular flexibility index (Phi) is 2.43. The van der Waals surface area contributed by atoms with E-state index in [2.05, 4.69) is 25.9 Å². The first-order valence-corrected chi connectivity index (χ1v) is 3.70. The first-order chi connectivity index (χ1) is 5.22. The predicted octanol–water partition coefficient (Wildman–Crippen LogP) is 1.38. The molecule has 0 saturated heterocycles. The van der Waals surface area contributed by atoms with Crippen molar-refractivity contribution in [2.45, 2.75) is 0 Å². The van der Waals surface area contributed by atoms with Crippen LogP contribution in [0.15, 0.2) is 10.7 Å². The zero-order chi connectivity index (χ0) is 8.27. The maximum Gasteiger partial charge on any atom is 0.132 e. The van der Waals surface area contributed by atoms with Gasteiger partial charge in [-0.3, -0.25) is 0 Å². The van der Waals surface area contributed by atoms with E-state index >= 15 is 0 Å². The van der Waals surface area contributed by atoms with Crippen molar-refractivity contribution in [1.82, 2.24) is 9.97 Å². The Morgan fingerprint density at radius 1 is 1.82 bits per heavy atom. The molecule has 4 nitrogen and oxygen atoms in total. The lowest BCUT2D eigenvalue weighted by molar-refractivity contribution is 1.27. The van der Waals surface area contributed by atoms with Crippen molar-refractivity contribution in [3.8, 4) is 0 Å². The van der Waals surface area contributed by atoms with Crippen LogP contribution in [-0.4, -0.2) is 16.2 Å². The third-order valence-electron chi connectivity index (χ3n) is 1.03. The van der Waals surface area contributed by atoms with E-state index in [0.717, 1.165) is 0 Å². The maximum absolute atomic E-state index is 6.85. The maximum atomic E-state index is 6.85. The number of halogens is 1. The second-order valence-electron chi connectivity index (χ2n) is 1.90. The number of aromatic amines is 1. The van der Waals surface area contributed by atoms with Crippen molar-refractivity contribution in [2.24, 2.45) is 0 Å². The fourth-order valence-electron chi connectivity index (χ4n) is 0.597. The quantitative estimate of drug-likeness (QED) is 0.651. The summed E-state index contributed by atoms with van der Waals surface area (Å²) in [4.78, 5) is 6.71. The topological polar surface area (TPSA) is 78.6 Å². The molecule has 4 N–H and O–H groups in total. The van der Waals surface area contributed by atoms with Crippen molar-refractivity contribution >= 4 is 34.0 Å². The van der Waals surface area contributed by atoms with Crippen LogP contribution in [0.1, 0.15) is 5.82 Å². The molecule has 1 rings (SSSR count). The van der Waals surface area contributed by atoms with Crippen LogP contribution in [0, 0.1) is 5.41 Å². The molecule has 0 bridgehead atoms. The van der Waals surface area contributed by atoms with Gasteiger partial charge in [-0.1, -0.05) is 0 Å². The molecule has 1 heterocycles. The summed E-state index contributed by atoms with van der Waals surface area (Å²) in [6.45, 7) is 0. The average Bonchev–Trinajstić information content (AvgIpc) is 2.35. The summed E-state index contributed by atoms with van der Waals surface area (Å²) in [5.41, 5.74) is 5.38. The second kappa shape index (κ2) is 3.34. The zero-order valence-corrected chi connectivity index (χ0v) is 7.22. The number of nitrogens with zero attached hydrogens (tertiary/aromatic N) is 1. The summed E-state index contributed by atoms with van der Waals surface area (Å²) in [5, 5.41) is 6.85. The number of hydrogen-bond donors (Lipinski definition) is 3. The van der Waals surface area contributed by atoms with Gasteiger partial charge in [-0.2, -0.15) is 0 Å². The summed E-state index contributed by atoms with van der Waals surface area (Å²) in [6, 6.07) is 0. The van der Waals surface area contributed by atoms with Crippen molar-refractivity contribution in [3.63, 3.8) is 0 Å². The molecule has 0 amide bonds. The predicted molar refractivity (Wildman–Crippen MR) is 48.7 cm³/mol. The number of allylic oxidation sites excluding steroid dienone is 1. The van der Waals surface area contributed by atoms with Gasteiger partial charge in [0.25, 0.3) is 0 Å². The minimum absolute atomic E-state index is 0.515. The Morgan fingerprint density at radius 3 is 3.00 bits per heavy atom. The number of nitrogens with two attached hydrogens (primary N) is 1. The van der Waals surface area contributed by atoms with Crippen molar-refractivity contribution in [2.75, 3.05) is 5.73 Å². The van der Waals surface area contributed by atoms with Crippen LogP contribution in [0.4, 0.5) is 5.82 Å². The monoisotopic (exact) mass is 214 g/mol. The lowest BCUT2D eigenvalue weighted by Crippen LogP contribution is -1.82. The molecule has 0 aliphatic carbocycles. The van der Waals surface area contributed by atoms with Crippen LogP contribution in [0.2, 0.25) is 0 Å². The number of aromatic nitrogens is 2. The number of imidazole rings is 1. The van der Waals surface area contributed by atoms with Crippen LogP contribution in [0.25, 0.3) is 6.08 Å². The highest BCUT2D eigenvalue weighted by molar-refractivity contribution is 9.12. The Bertz CT molecular complexity index is 289. The van der Waals surface area contributed by atoms with Crippen molar-refractivity contribution < 1.29 is 0 Å². The lowest BCUT2D eigenvalue weighted by Gasteiger charge is -1.85. The van der Waals surface area contributed by atoms with Gasteiger partial charge in [-0.15, -0.1) is 0 Å². The number of nitrogens with one attached hydrogen (secondary N) is 2. The third-order valence-corrected chi connectivity index (χ3v) is 1.49. The fourth-order valence-corrected chi connectivity index (χ4v) is 0.814. The van der Waals surface area contributed by atoms with Gasteiger partial charge in [0.05, 0.1) is 6.20 Å². The van der Waals surface area contributed by atoms with E-state index in [9.17, 15) is 0 Å². The van der Waals surface area contributed by atoms with Gasteiger partial charge in [0.1, 0.15) is 11.6 Å². The SMILES string of the molecule is N=C/C(Br)=C\c1ncc(N)[nH]1. The highest BCUT2D eigenvalue weighted by atomic mass is 79.9. The Balaban J connectivity index is 2.86. The van der Waals surface area contributed by atoms with E-state index in [0.29, 0.717) is 16.1 Å². The summed E-state index contributed by atoms with van der Waals surface area (Å²) in [6.07, 6.45) is 4.37. The molecule has 11 heavy (non-hydrogen) atoms. The third kappa shape index (κ3) is 2.19. The second-order valence-corrected chi connectivity index (χ2v) is 2.81. The van der Waals surface area contributed by atoms with E-state index in [4.69, 9.17) is 11.1 Å². The molecule has 0 saturated carbocycles. The molecule has 0 radical (unpaired) electrons. The summed E-state index contributed by atoms with van der Waals surface area (Å²) in [7, 11) is 0. The molecule has 5 heteroatoms. The number of H-pyrrole nitrogens is 1. The first-order valence-electron chi connectivity index (χ1n) is 2.90. The normalized spacial score (nSPS) is 11.5. The smallest absolute Gasteiger partial charge is 0.132 e. The molecule has 1 aromatic rings. The summed E-state index contributed by atoms with van der Waals surface area (Å²) in [5.74, 6) is 1.15. The number of hydrogen-bond acceptors (Lipinski definition) is 3. The largest absolute Gasteiger partial charge is 0.384 e. The van der Waals surface area contributed by atoms with E-state index < -0.39 is 0 Å². The number of rotatable bonds is 2. The minimum Gasteiger partial charge on any atom is -0.384 e. The molecule has 0 aromatic carbocycles. The highest BCUT2D eigenvalue weighted by Crippen LogP contribution is 2.07. The van der Waals surface area contributed by atoms with Gasteiger partial charge in [-0.25, -0.2) is 4.98 Å². The van der Waals surface area contributed by atoms with Gasteiger partial charge < -0.3 is 16.1 Å². The Hall–Kier alpha value is -1.10. The number of nitrogen functional groups attached to an aromatic ring is 1. The fraction of sp³-hybridized carbons (Fsp3) is 0. The molecule has 0 aliphatic heterocycles. The van der Waals surface area contributed by atoms with Gasteiger partial charge in [0.2, 0.25) is 0 Å². The lowest BCUT2D eigenvalue weighted by atomic mass is 10.5. The van der Waals surface area contributed by atoms with Crippen LogP contribution in [0.5, 0.6) is 0 Å². The minimum atomic E-state index is 0.515. The number of anilines is 1. The Labute approximate surface area is 72.2 Å². The summed E-state index contributed by atoms with van der Waals surface area (Å²) >= 11 is 3.14. The zero-order valence-electron chi connectivity index (χ0n) is 5.63. The van der Waals surface area contributed by atoms with Gasteiger partial charge in [0, 0.05) is 10.7 Å². The molecular weight excluding hydrogens is 208 g/mol. The summed E-state index contributed by atoms with van der Waals surface area (Å²) < 4.78 is 0.645. The standard InChI is InChI=1S/C6H7BrN4/c7-4(2-8)1-6-10-3-5(9)11-6/h1-3,8H,9H2,(H,10,11)/b4-1+,8-2?. The molecule has 0 atom stereocenters. The van der Waals surface area contributed by atoms with Crippen LogP contribution >= 0.6 is 15.9 Å². The molecule has 1 aromatic heterocycles. The van der Waals surface area contributed by atoms with Crippen molar-refractivity contribution in [1.29, 1.82) is 5.41 Å².